The van der Waals surface area contributed by atoms with E-state index in [9.17, 15) is 19.5 Å². The van der Waals surface area contributed by atoms with Gasteiger partial charge in [-0.15, -0.1) is 0 Å². The molecule has 0 saturated heterocycles. The molecular formula is C21H24N2O5S. The van der Waals surface area contributed by atoms with Gasteiger partial charge in [-0.1, -0.05) is 60.7 Å². The number of rotatable bonds is 10. The van der Waals surface area contributed by atoms with Crippen LogP contribution < -0.4 is 10.6 Å². The topological polar surface area (TPSA) is 105 Å². The van der Waals surface area contributed by atoms with Gasteiger partial charge in [0, 0.05) is 6.42 Å². The highest BCUT2D eigenvalue weighted by Gasteiger charge is 2.26. The van der Waals surface area contributed by atoms with Gasteiger partial charge in [0.05, 0.1) is 0 Å². The van der Waals surface area contributed by atoms with Crippen molar-refractivity contribution in [3.63, 3.8) is 0 Å². The van der Waals surface area contributed by atoms with Gasteiger partial charge in [-0.25, -0.2) is 9.59 Å². The molecule has 0 spiro atoms. The summed E-state index contributed by atoms with van der Waals surface area (Å²) in [5, 5.41) is 14.4. The zero-order valence-corrected chi connectivity index (χ0v) is 16.7. The van der Waals surface area contributed by atoms with E-state index in [0.717, 1.165) is 11.1 Å². The lowest BCUT2D eigenvalue weighted by molar-refractivity contribution is -0.142. The van der Waals surface area contributed by atoms with Crippen molar-refractivity contribution in [3.8, 4) is 0 Å². The van der Waals surface area contributed by atoms with Crippen LogP contribution in [0.3, 0.4) is 0 Å². The Kier molecular flexibility index (Phi) is 9.04. The van der Waals surface area contributed by atoms with E-state index in [1.54, 1.807) is 24.3 Å². The summed E-state index contributed by atoms with van der Waals surface area (Å²) >= 11 is 4.11. The summed E-state index contributed by atoms with van der Waals surface area (Å²) in [6.07, 6.45) is -0.396. The molecule has 7 nitrogen and oxygen atoms in total. The number of carboxylic acid groups (broad SMARTS) is 1. The standard InChI is InChI=1S/C21H24N2O5S/c24-19(22-18(20(25)26)13-15-7-3-1-4-8-15)17(11-12-29)23-21(27)28-14-16-9-5-2-6-10-16/h1-10,17-18,29H,11-14H2,(H,22,24)(H,23,27)(H,25,26)/t17-,18-/m0/s1. The van der Waals surface area contributed by atoms with E-state index in [0.29, 0.717) is 5.75 Å². The van der Waals surface area contributed by atoms with E-state index in [1.807, 2.05) is 36.4 Å². The number of carbonyl (C=O) groups is 3. The third kappa shape index (κ3) is 7.87. The van der Waals surface area contributed by atoms with Crippen molar-refractivity contribution in [3.05, 3.63) is 71.8 Å². The van der Waals surface area contributed by atoms with Crippen LogP contribution in [0.5, 0.6) is 0 Å². The number of benzene rings is 2. The number of amides is 2. The van der Waals surface area contributed by atoms with Gasteiger partial charge in [0.2, 0.25) is 5.91 Å². The summed E-state index contributed by atoms with van der Waals surface area (Å²) in [6, 6.07) is 16.0. The Hall–Kier alpha value is -3.00. The molecule has 0 unspecified atom stereocenters. The van der Waals surface area contributed by atoms with E-state index in [-0.39, 0.29) is 19.4 Å². The molecule has 0 fully saturated rings. The van der Waals surface area contributed by atoms with Crippen LogP contribution in [0.2, 0.25) is 0 Å². The van der Waals surface area contributed by atoms with Crippen LogP contribution in [-0.2, 0) is 27.4 Å². The lowest BCUT2D eigenvalue weighted by atomic mass is 10.1. The summed E-state index contributed by atoms with van der Waals surface area (Å²) in [6.45, 7) is 0.0631. The molecule has 0 aliphatic rings. The second kappa shape index (κ2) is 11.8. The van der Waals surface area contributed by atoms with Gasteiger partial charge in [-0.3, -0.25) is 4.79 Å². The summed E-state index contributed by atoms with van der Waals surface area (Å²) in [5.41, 5.74) is 1.59. The van der Waals surface area contributed by atoms with Crippen LogP contribution in [0, 0.1) is 0 Å². The molecule has 0 bridgehead atoms. The summed E-state index contributed by atoms with van der Waals surface area (Å²) in [7, 11) is 0. The van der Waals surface area contributed by atoms with E-state index >= 15 is 0 Å². The Bertz CT molecular complexity index is 801. The number of hydrogen-bond donors (Lipinski definition) is 4. The first-order chi connectivity index (χ1) is 14.0. The minimum absolute atomic E-state index is 0.0631. The summed E-state index contributed by atoms with van der Waals surface area (Å²) in [5.74, 6) is -1.43. The van der Waals surface area contributed by atoms with Crippen molar-refractivity contribution in [2.45, 2.75) is 31.5 Å². The molecule has 2 aromatic rings. The molecule has 154 valence electrons. The number of carboxylic acids is 1. The number of carbonyl (C=O) groups excluding carboxylic acids is 2. The fourth-order valence-electron chi connectivity index (χ4n) is 2.63. The maximum absolute atomic E-state index is 12.6. The fourth-order valence-corrected chi connectivity index (χ4v) is 2.89. The lowest BCUT2D eigenvalue weighted by Crippen LogP contribution is -2.52. The minimum atomic E-state index is -1.15. The molecule has 0 aliphatic heterocycles. The summed E-state index contributed by atoms with van der Waals surface area (Å²) in [4.78, 5) is 36.2. The molecule has 2 rings (SSSR count). The first kappa shape index (κ1) is 22.3. The minimum Gasteiger partial charge on any atom is -0.480 e. The Morgan fingerprint density at radius 2 is 1.48 bits per heavy atom. The second-order valence-electron chi connectivity index (χ2n) is 6.36. The molecule has 2 amide bonds. The smallest absolute Gasteiger partial charge is 0.408 e. The van der Waals surface area contributed by atoms with E-state index in [2.05, 4.69) is 23.3 Å². The number of nitrogens with one attached hydrogen (secondary N) is 2. The number of thiol groups is 1. The maximum Gasteiger partial charge on any atom is 0.408 e. The third-order valence-corrected chi connectivity index (χ3v) is 4.39. The van der Waals surface area contributed by atoms with Crippen LogP contribution in [0.15, 0.2) is 60.7 Å². The van der Waals surface area contributed by atoms with Gasteiger partial charge < -0.3 is 20.5 Å². The normalized spacial score (nSPS) is 12.4. The molecule has 0 heterocycles. The maximum atomic E-state index is 12.6. The predicted octanol–water partition coefficient (Wildman–Crippen LogP) is 2.41. The number of ether oxygens (including phenoxy) is 1. The third-order valence-electron chi connectivity index (χ3n) is 4.14. The van der Waals surface area contributed by atoms with E-state index in [4.69, 9.17) is 4.74 Å². The quantitative estimate of drug-likeness (QED) is 0.445. The first-order valence-electron chi connectivity index (χ1n) is 9.14. The molecule has 0 aliphatic carbocycles. The van der Waals surface area contributed by atoms with Crippen molar-refractivity contribution in [1.82, 2.24) is 10.6 Å². The SMILES string of the molecule is O=C(N[C@@H](CCS)C(=O)N[C@@H](Cc1ccccc1)C(=O)O)OCc1ccccc1. The fraction of sp³-hybridized carbons (Fsp3) is 0.286. The zero-order chi connectivity index (χ0) is 21.1. The predicted molar refractivity (Wildman–Crippen MR) is 112 cm³/mol. The Labute approximate surface area is 174 Å². The lowest BCUT2D eigenvalue weighted by Gasteiger charge is -2.21. The molecule has 3 N–H and O–H groups in total. The number of hydrogen-bond acceptors (Lipinski definition) is 5. The van der Waals surface area contributed by atoms with Gasteiger partial charge in [-0.05, 0) is 23.3 Å². The van der Waals surface area contributed by atoms with Crippen molar-refractivity contribution >= 4 is 30.6 Å². The van der Waals surface area contributed by atoms with Gasteiger partial charge in [0.15, 0.2) is 0 Å². The highest BCUT2D eigenvalue weighted by atomic mass is 32.1. The van der Waals surface area contributed by atoms with E-state index < -0.39 is 30.1 Å². The second-order valence-corrected chi connectivity index (χ2v) is 6.81. The van der Waals surface area contributed by atoms with Crippen molar-refractivity contribution in [2.75, 3.05) is 5.75 Å². The van der Waals surface area contributed by atoms with Crippen molar-refractivity contribution < 1.29 is 24.2 Å². The average molecular weight is 416 g/mol. The highest BCUT2D eigenvalue weighted by molar-refractivity contribution is 7.80. The molecule has 8 heteroatoms. The Balaban J connectivity index is 1.93. The Morgan fingerprint density at radius 1 is 0.897 bits per heavy atom. The molecule has 0 aromatic heterocycles. The van der Waals surface area contributed by atoms with Crippen LogP contribution in [-0.4, -0.2) is 40.9 Å². The van der Waals surface area contributed by atoms with Crippen LogP contribution in [0.1, 0.15) is 17.5 Å². The molecule has 0 radical (unpaired) electrons. The van der Waals surface area contributed by atoms with Crippen LogP contribution in [0.25, 0.3) is 0 Å². The zero-order valence-electron chi connectivity index (χ0n) is 15.8. The molecule has 2 aromatic carbocycles. The van der Waals surface area contributed by atoms with Gasteiger partial charge in [0.1, 0.15) is 18.7 Å². The highest BCUT2D eigenvalue weighted by Crippen LogP contribution is 2.06. The van der Waals surface area contributed by atoms with E-state index in [1.165, 1.54) is 0 Å². The van der Waals surface area contributed by atoms with Gasteiger partial charge >= 0.3 is 12.1 Å². The summed E-state index contributed by atoms with van der Waals surface area (Å²) < 4.78 is 5.13. The molecule has 0 saturated carbocycles. The van der Waals surface area contributed by atoms with Crippen LogP contribution in [0.4, 0.5) is 4.79 Å². The number of alkyl carbamates (subject to hydrolysis) is 1. The van der Waals surface area contributed by atoms with Crippen LogP contribution >= 0.6 is 12.6 Å². The monoisotopic (exact) mass is 416 g/mol. The van der Waals surface area contributed by atoms with Gasteiger partial charge in [-0.2, -0.15) is 12.6 Å². The molecule has 29 heavy (non-hydrogen) atoms. The average Bonchev–Trinajstić information content (AvgIpc) is 2.73. The first-order valence-corrected chi connectivity index (χ1v) is 9.78. The Morgan fingerprint density at radius 3 is 2.03 bits per heavy atom. The largest absolute Gasteiger partial charge is 0.480 e. The van der Waals surface area contributed by atoms with Crippen molar-refractivity contribution in [1.29, 1.82) is 0 Å². The number of aliphatic carboxylic acids is 1. The van der Waals surface area contributed by atoms with Crippen molar-refractivity contribution in [2.24, 2.45) is 0 Å². The molecular weight excluding hydrogens is 392 g/mol. The molecule has 2 atom stereocenters. The van der Waals surface area contributed by atoms with Gasteiger partial charge in [0.25, 0.3) is 0 Å².